The van der Waals surface area contributed by atoms with Crippen molar-refractivity contribution >= 4 is 21.9 Å². The molecule has 0 aromatic heterocycles. The number of carbonyl (C=O) groups excluding carboxylic acids is 1. The summed E-state index contributed by atoms with van der Waals surface area (Å²) in [6.45, 7) is 6.37. The molecule has 5 heteroatoms. The van der Waals surface area contributed by atoms with Crippen molar-refractivity contribution in [2.24, 2.45) is 17.3 Å². The van der Waals surface area contributed by atoms with Gasteiger partial charge in [0.2, 0.25) is 0 Å². The number of halogens is 1. The Labute approximate surface area is 179 Å². The van der Waals surface area contributed by atoms with Gasteiger partial charge in [0, 0.05) is 17.2 Å². The quantitative estimate of drug-likeness (QED) is 0.183. The minimum Gasteiger partial charge on any atom is -0.469 e. The molecule has 0 aliphatic heterocycles. The van der Waals surface area contributed by atoms with Crippen LogP contribution < -0.4 is 0 Å². The molecule has 1 rings (SSSR count). The van der Waals surface area contributed by atoms with Gasteiger partial charge in [0.05, 0.1) is 19.3 Å². The van der Waals surface area contributed by atoms with Crippen molar-refractivity contribution in [2.75, 3.05) is 7.11 Å². The Morgan fingerprint density at radius 3 is 2.68 bits per heavy atom. The lowest BCUT2D eigenvalue weighted by Crippen LogP contribution is -2.28. The standard InChI is InChI=1S/C23H39BrO4/c1-5-6-15-23(2,3)21(26)14-13-18-17(19(24)16-20(18)25)11-9-7-8-10-12-22(27)28-4/h7,9,13-14,17-21,25-26H,5-6,8,10-12,15-16H2,1-4H3/t17-,18-,19-,20-,21-/m1/s1. The molecule has 0 unspecified atom stereocenters. The fourth-order valence-electron chi connectivity index (χ4n) is 3.78. The number of methoxy groups -OCH3 is 1. The van der Waals surface area contributed by atoms with Gasteiger partial charge in [-0.25, -0.2) is 0 Å². The van der Waals surface area contributed by atoms with Crippen LogP contribution in [-0.4, -0.2) is 40.3 Å². The molecular weight excluding hydrogens is 420 g/mol. The van der Waals surface area contributed by atoms with Gasteiger partial charge >= 0.3 is 5.97 Å². The maximum absolute atomic E-state index is 11.1. The summed E-state index contributed by atoms with van der Waals surface area (Å²) >= 11 is 3.73. The molecule has 1 saturated carbocycles. The second-order valence-corrected chi connectivity index (χ2v) is 9.83. The topological polar surface area (TPSA) is 66.8 Å². The monoisotopic (exact) mass is 458 g/mol. The summed E-state index contributed by atoms with van der Waals surface area (Å²) in [5, 5.41) is 21.1. The van der Waals surface area contributed by atoms with Crippen LogP contribution in [0.5, 0.6) is 0 Å². The molecule has 0 amide bonds. The molecule has 4 nitrogen and oxygen atoms in total. The Balaban J connectivity index is 2.59. The van der Waals surface area contributed by atoms with Crippen LogP contribution in [0.4, 0.5) is 0 Å². The van der Waals surface area contributed by atoms with Crippen molar-refractivity contribution in [3.05, 3.63) is 24.3 Å². The first-order valence-corrected chi connectivity index (χ1v) is 11.5. The molecule has 0 saturated heterocycles. The summed E-state index contributed by atoms with van der Waals surface area (Å²) in [5.74, 6) is 0.174. The van der Waals surface area contributed by atoms with Gasteiger partial charge in [-0.3, -0.25) is 4.79 Å². The van der Waals surface area contributed by atoms with Crippen molar-refractivity contribution in [2.45, 2.75) is 89.2 Å². The minimum absolute atomic E-state index is 0.0423. The zero-order valence-corrected chi connectivity index (χ0v) is 19.5. The zero-order valence-electron chi connectivity index (χ0n) is 17.9. The van der Waals surface area contributed by atoms with Crippen LogP contribution in [0.15, 0.2) is 24.3 Å². The summed E-state index contributed by atoms with van der Waals surface area (Å²) < 4.78 is 4.64. The van der Waals surface area contributed by atoms with E-state index < -0.39 is 6.10 Å². The van der Waals surface area contributed by atoms with E-state index in [2.05, 4.69) is 53.6 Å². The number of carbonyl (C=O) groups is 1. The minimum atomic E-state index is -0.505. The second-order valence-electron chi connectivity index (χ2n) is 8.66. The highest BCUT2D eigenvalue weighted by atomic mass is 79.9. The Morgan fingerprint density at radius 2 is 2.04 bits per heavy atom. The smallest absolute Gasteiger partial charge is 0.305 e. The fourth-order valence-corrected chi connectivity index (χ4v) is 4.73. The average Bonchev–Trinajstić information content (AvgIpc) is 2.93. The first-order valence-electron chi connectivity index (χ1n) is 10.6. The molecule has 162 valence electrons. The molecule has 5 atom stereocenters. The van der Waals surface area contributed by atoms with Crippen molar-refractivity contribution < 1.29 is 19.7 Å². The molecule has 1 aliphatic rings. The highest BCUT2D eigenvalue weighted by Gasteiger charge is 2.39. The molecule has 0 aromatic rings. The van der Waals surface area contributed by atoms with Crippen LogP contribution in [0.2, 0.25) is 0 Å². The highest BCUT2D eigenvalue weighted by Crippen LogP contribution is 2.41. The molecule has 0 bridgehead atoms. The normalized spacial score (nSPS) is 27.0. The van der Waals surface area contributed by atoms with Crippen molar-refractivity contribution in [3.63, 3.8) is 0 Å². The van der Waals surface area contributed by atoms with E-state index in [0.29, 0.717) is 12.3 Å². The summed E-state index contributed by atoms with van der Waals surface area (Å²) in [7, 11) is 1.41. The fraction of sp³-hybridized carbons (Fsp3) is 0.783. The Kier molecular flexibility index (Phi) is 11.6. The lowest BCUT2D eigenvalue weighted by Gasteiger charge is -2.29. The summed E-state index contributed by atoms with van der Waals surface area (Å²) in [6, 6.07) is 0. The molecule has 1 fully saturated rings. The number of ether oxygens (including phenoxy) is 1. The third kappa shape index (κ3) is 8.38. The van der Waals surface area contributed by atoms with E-state index in [1.54, 1.807) is 0 Å². The second kappa shape index (κ2) is 12.8. The highest BCUT2D eigenvalue weighted by molar-refractivity contribution is 9.09. The molecule has 2 N–H and O–H groups in total. The van der Waals surface area contributed by atoms with Crippen molar-refractivity contribution in [3.8, 4) is 0 Å². The number of unbranched alkanes of at least 4 members (excludes halogenated alkanes) is 2. The zero-order chi connectivity index (χ0) is 21.2. The number of rotatable bonds is 12. The Bertz CT molecular complexity index is 515. The first kappa shape index (κ1) is 25.4. The largest absolute Gasteiger partial charge is 0.469 e. The maximum atomic E-state index is 11.1. The third-order valence-electron chi connectivity index (χ3n) is 5.92. The van der Waals surface area contributed by atoms with E-state index in [4.69, 9.17) is 0 Å². The molecule has 28 heavy (non-hydrogen) atoms. The van der Waals surface area contributed by atoms with Gasteiger partial charge in [-0.2, -0.15) is 0 Å². The van der Waals surface area contributed by atoms with Crippen LogP contribution in [-0.2, 0) is 9.53 Å². The van der Waals surface area contributed by atoms with Crippen molar-refractivity contribution in [1.82, 2.24) is 0 Å². The molecule has 0 aromatic carbocycles. The van der Waals surface area contributed by atoms with E-state index in [0.717, 1.165) is 44.9 Å². The first-order chi connectivity index (χ1) is 13.2. The van der Waals surface area contributed by atoms with Gasteiger partial charge in [-0.15, -0.1) is 0 Å². The molecule has 0 heterocycles. The number of hydrogen-bond acceptors (Lipinski definition) is 4. The van der Waals surface area contributed by atoms with E-state index in [9.17, 15) is 15.0 Å². The van der Waals surface area contributed by atoms with Gasteiger partial charge in [-0.05, 0) is 43.4 Å². The van der Waals surface area contributed by atoms with Gasteiger partial charge in [-0.1, -0.05) is 73.8 Å². The average molecular weight is 459 g/mol. The summed E-state index contributed by atoms with van der Waals surface area (Å²) in [4.78, 5) is 11.4. The lowest BCUT2D eigenvalue weighted by atomic mass is 9.80. The third-order valence-corrected chi connectivity index (χ3v) is 6.97. The molecular formula is C23H39BrO4. The Morgan fingerprint density at radius 1 is 1.32 bits per heavy atom. The summed E-state index contributed by atoms with van der Waals surface area (Å²) in [6.07, 6.45) is 14.2. The predicted molar refractivity (Wildman–Crippen MR) is 118 cm³/mol. The van der Waals surface area contributed by atoms with E-state index in [-0.39, 0.29) is 28.2 Å². The van der Waals surface area contributed by atoms with Crippen LogP contribution in [0.25, 0.3) is 0 Å². The van der Waals surface area contributed by atoms with E-state index >= 15 is 0 Å². The van der Waals surface area contributed by atoms with Crippen LogP contribution in [0, 0.1) is 17.3 Å². The molecule has 0 radical (unpaired) electrons. The van der Waals surface area contributed by atoms with Gasteiger partial charge < -0.3 is 14.9 Å². The van der Waals surface area contributed by atoms with Gasteiger partial charge in [0.1, 0.15) is 0 Å². The molecule has 0 spiro atoms. The van der Waals surface area contributed by atoms with Gasteiger partial charge in [0.15, 0.2) is 0 Å². The molecule has 1 aliphatic carbocycles. The summed E-state index contributed by atoms with van der Waals surface area (Å²) in [5.41, 5.74) is -0.154. The van der Waals surface area contributed by atoms with E-state index in [1.165, 1.54) is 7.11 Å². The van der Waals surface area contributed by atoms with Gasteiger partial charge in [0.25, 0.3) is 0 Å². The number of aliphatic hydroxyl groups excluding tert-OH is 2. The van der Waals surface area contributed by atoms with Crippen LogP contribution >= 0.6 is 15.9 Å². The number of esters is 1. The predicted octanol–water partition coefficient (Wildman–Crippen LogP) is 5.17. The number of alkyl halides is 1. The lowest BCUT2D eigenvalue weighted by molar-refractivity contribution is -0.140. The Hall–Kier alpha value is -0.650. The van der Waals surface area contributed by atoms with Crippen LogP contribution in [0.3, 0.4) is 0 Å². The number of hydrogen-bond donors (Lipinski definition) is 2. The maximum Gasteiger partial charge on any atom is 0.305 e. The van der Waals surface area contributed by atoms with Crippen molar-refractivity contribution in [1.29, 1.82) is 0 Å². The van der Waals surface area contributed by atoms with Crippen LogP contribution in [0.1, 0.15) is 72.1 Å². The number of allylic oxidation sites excluding steroid dienone is 2. The van der Waals surface area contributed by atoms with E-state index in [1.807, 2.05) is 12.2 Å². The SMILES string of the molecule is CCCCC(C)(C)[C@H](O)C=C[C@@H]1[C@@H](CC=CCCCC(=O)OC)[C@H](Br)C[C@H]1O. The number of aliphatic hydroxyl groups is 2.